The van der Waals surface area contributed by atoms with Gasteiger partial charge in [-0.05, 0) is 110 Å². The second kappa shape index (κ2) is 8.99. The number of aliphatic hydroxyl groups is 2. The van der Waals surface area contributed by atoms with Crippen LogP contribution in [0.3, 0.4) is 0 Å². The highest BCUT2D eigenvalue weighted by molar-refractivity contribution is 5.88. The quantitative estimate of drug-likeness (QED) is 0.476. The number of rotatable bonds is 7. The Labute approximate surface area is 197 Å². The maximum absolute atomic E-state index is 12.3. The Kier molecular flexibility index (Phi) is 6.94. The largest absolute Gasteiger partial charge is 0.388 e. The summed E-state index contributed by atoms with van der Waals surface area (Å²) in [6.45, 7) is 11.9. The van der Waals surface area contributed by atoms with Gasteiger partial charge in [-0.3, -0.25) is 4.79 Å². The van der Waals surface area contributed by atoms with Crippen LogP contribution in [0.2, 0.25) is 0 Å². The lowest BCUT2D eigenvalue weighted by Gasteiger charge is -2.62. The van der Waals surface area contributed by atoms with Crippen LogP contribution in [-0.4, -0.2) is 28.2 Å². The van der Waals surface area contributed by atoms with E-state index >= 15 is 0 Å². The van der Waals surface area contributed by atoms with E-state index in [9.17, 15) is 15.0 Å². The van der Waals surface area contributed by atoms with Crippen LogP contribution in [0.15, 0.2) is 0 Å². The summed E-state index contributed by atoms with van der Waals surface area (Å²) in [5, 5.41) is 20.3. The van der Waals surface area contributed by atoms with E-state index < -0.39 is 12.2 Å². The maximum Gasteiger partial charge on any atom is 0.189 e. The van der Waals surface area contributed by atoms with Crippen molar-refractivity contribution in [2.45, 2.75) is 117 Å². The fraction of sp³-hybridized carbons (Fsp3) is 0.966. The molecule has 3 heteroatoms. The number of aliphatic hydroxyl groups excluding tert-OH is 1. The summed E-state index contributed by atoms with van der Waals surface area (Å²) >= 11 is 0. The first-order chi connectivity index (χ1) is 15.0. The first-order valence-corrected chi connectivity index (χ1v) is 13.9. The average molecular weight is 447 g/mol. The highest BCUT2D eigenvalue weighted by atomic mass is 16.3. The van der Waals surface area contributed by atoms with Crippen molar-refractivity contribution in [2.24, 2.45) is 52.3 Å². The molecule has 184 valence electrons. The number of hydrogen-bond acceptors (Lipinski definition) is 3. The van der Waals surface area contributed by atoms with Crippen molar-refractivity contribution in [3.05, 3.63) is 0 Å². The van der Waals surface area contributed by atoms with Gasteiger partial charge in [0.15, 0.2) is 5.78 Å². The number of hydrogen-bond donors (Lipinski definition) is 2. The lowest BCUT2D eigenvalue weighted by molar-refractivity contribution is -0.168. The Bertz CT molecular complexity index is 688. The van der Waals surface area contributed by atoms with Crippen LogP contribution in [0, 0.1) is 52.3 Å². The van der Waals surface area contributed by atoms with Crippen LogP contribution in [0.25, 0.3) is 0 Å². The van der Waals surface area contributed by atoms with Crippen molar-refractivity contribution in [3.63, 3.8) is 0 Å². The van der Waals surface area contributed by atoms with E-state index in [1.165, 1.54) is 51.4 Å². The maximum atomic E-state index is 12.3. The molecule has 2 N–H and O–H groups in total. The fourth-order valence-corrected chi connectivity index (χ4v) is 9.67. The van der Waals surface area contributed by atoms with E-state index in [1.807, 2.05) is 0 Å². The zero-order valence-corrected chi connectivity index (χ0v) is 21.5. The molecule has 0 aliphatic heterocycles. The van der Waals surface area contributed by atoms with Gasteiger partial charge in [0, 0.05) is 0 Å². The number of ketones is 1. The third kappa shape index (κ3) is 4.02. The molecule has 9 atom stereocenters. The standard InChI is InChI=1S/C29H50O3/c1-19(2)7-6-8-20(3)23-11-12-24-22-10-9-21-17-29(32,26(31)18-30)16-15-27(21,4)25(22)13-14-28(23,24)5/h19-25,30,32H,6-18H2,1-5H3/t20-,21+,22+,23-,24+,25+,27+,28-,29-/m1/s1. The molecule has 4 fully saturated rings. The second-order valence-electron chi connectivity index (χ2n) is 13.5. The summed E-state index contributed by atoms with van der Waals surface area (Å²) in [6.07, 6.45) is 14.2. The zero-order valence-electron chi connectivity index (χ0n) is 21.5. The molecule has 0 bridgehead atoms. The van der Waals surface area contributed by atoms with E-state index in [0.29, 0.717) is 24.2 Å². The molecule has 0 spiro atoms. The predicted octanol–water partition coefficient (Wildman–Crippen LogP) is 6.40. The molecule has 0 aromatic heterocycles. The molecule has 4 saturated carbocycles. The van der Waals surface area contributed by atoms with Gasteiger partial charge in [0.25, 0.3) is 0 Å². The van der Waals surface area contributed by atoms with Gasteiger partial charge >= 0.3 is 0 Å². The normalized spacial score (nSPS) is 46.9. The molecule has 0 aromatic carbocycles. The Hall–Kier alpha value is -0.410. The molecule has 0 heterocycles. The van der Waals surface area contributed by atoms with E-state index in [-0.39, 0.29) is 11.2 Å². The van der Waals surface area contributed by atoms with Crippen molar-refractivity contribution < 1.29 is 15.0 Å². The summed E-state index contributed by atoms with van der Waals surface area (Å²) in [5.74, 6) is 5.09. The van der Waals surface area contributed by atoms with Gasteiger partial charge in [-0.2, -0.15) is 0 Å². The first-order valence-electron chi connectivity index (χ1n) is 13.9. The smallest absolute Gasteiger partial charge is 0.189 e. The van der Waals surface area contributed by atoms with Gasteiger partial charge in [-0.15, -0.1) is 0 Å². The van der Waals surface area contributed by atoms with Gasteiger partial charge in [0.05, 0.1) is 0 Å². The Balaban J connectivity index is 1.46. The monoisotopic (exact) mass is 446 g/mol. The molecular weight excluding hydrogens is 396 g/mol. The Morgan fingerprint density at radius 3 is 2.31 bits per heavy atom. The summed E-state index contributed by atoms with van der Waals surface area (Å²) in [6, 6.07) is 0. The van der Waals surface area contributed by atoms with E-state index in [1.54, 1.807) is 0 Å². The van der Waals surface area contributed by atoms with Crippen molar-refractivity contribution >= 4 is 5.78 Å². The first kappa shape index (κ1) is 24.7. The third-order valence-corrected chi connectivity index (χ3v) is 11.6. The van der Waals surface area contributed by atoms with Crippen molar-refractivity contribution in [1.29, 1.82) is 0 Å². The van der Waals surface area contributed by atoms with Gasteiger partial charge in [0.2, 0.25) is 0 Å². The lowest BCUT2D eigenvalue weighted by Crippen LogP contribution is -2.57. The number of Topliss-reactive ketones (excluding diaryl/α,β-unsaturated/α-hetero) is 1. The molecule has 4 aliphatic carbocycles. The minimum atomic E-state index is -1.28. The fourth-order valence-electron chi connectivity index (χ4n) is 9.67. The molecular formula is C29H50O3. The molecule has 0 radical (unpaired) electrons. The molecule has 0 amide bonds. The summed E-state index contributed by atoms with van der Waals surface area (Å²) in [5.41, 5.74) is -0.504. The van der Waals surface area contributed by atoms with Gasteiger partial charge in [0.1, 0.15) is 12.2 Å². The topological polar surface area (TPSA) is 57.5 Å². The summed E-state index contributed by atoms with van der Waals surface area (Å²) in [4.78, 5) is 12.3. The van der Waals surface area contributed by atoms with Crippen LogP contribution < -0.4 is 0 Å². The van der Waals surface area contributed by atoms with Gasteiger partial charge < -0.3 is 10.2 Å². The SMILES string of the molecule is CC(C)CCC[C@@H](C)[C@H]1CC[C@H]2[C@@H]3CC[C@H]4C[C@@](O)(C(=O)CO)CC[C@]4(C)[C@H]3CC[C@]12C. The van der Waals surface area contributed by atoms with Crippen LogP contribution in [0.4, 0.5) is 0 Å². The number of carbonyl (C=O) groups excluding carboxylic acids is 1. The molecule has 4 rings (SSSR count). The lowest BCUT2D eigenvalue weighted by atomic mass is 9.43. The second-order valence-corrected chi connectivity index (χ2v) is 13.5. The van der Waals surface area contributed by atoms with E-state index in [0.717, 1.165) is 48.3 Å². The molecule has 3 nitrogen and oxygen atoms in total. The molecule has 32 heavy (non-hydrogen) atoms. The van der Waals surface area contributed by atoms with Crippen LogP contribution in [0.1, 0.15) is 112 Å². The van der Waals surface area contributed by atoms with Crippen molar-refractivity contribution in [1.82, 2.24) is 0 Å². The minimum absolute atomic E-state index is 0.257. The summed E-state index contributed by atoms with van der Waals surface area (Å²) in [7, 11) is 0. The van der Waals surface area contributed by atoms with Gasteiger partial charge in [-0.1, -0.05) is 53.9 Å². The number of fused-ring (bicyclic) bond motifs is 5. The number of carbonyl (C=O) groups is 1. The molecule has 0 saturated heterocycles. The average Bonchev–Trinajstić information content (AvgIpc) is 3.10. The zero-order chi connectivity index (χ0) is 23.3. The van der Waals surface area contributed by atoms with Crippen molar-refractivity contribution in [3.8, 4) is 0 Å². The van der Waals surface area contributed by atoms with Gasteiger partial charge in [-0.25, -0.2) is 0 Å². The van der Waals surface area contributed by atoms with Crippen LogP contribution >= 0.6 is 0 Å². The highest BCUT2D eigenvalue weighted by Crippen LogP contribution is 2.69. The molecule has 0 unspecified atom stereocenters. The van der Waals surface area contributed by atoms with E-state index in [2.05, 4.69) is 34.6 Å². The summed E-state index contributed by atoms with van der Waals surface area (Å²) < 4.78 is 0. The third-order valence-electron chi connectivity index (χ3n) is 11.6. The van der Waals surface area contributed by atoms with Crippen LogP contribution in [-0.2, 0) is 4.79 Å². The van der Waals surface area contributed by atoms with E-state index in [4.69, 9.17) is 0 Å². The molecule has 0 aromatic rings. The van der Waals surface area contributed by atoms with Crippen LogP contribution in [0.5, 0.6) is 0 Å². The Morgan fingerprint density at radius 2 is 1.62 bits per heavy atom. The molecule has 4 aliphatic rings. The highest BCUT2D eigenvalue weighted by Gasteiger charge is 2.62. The minimum Gasteiger partial charge on any atom is -0.388 e. The Morgan fingerprint density at radius 1 is 0.906 bits per heavy atom. The predicted molar refractivity (Wildman–Crippen MR) is 130 cm³/mol. The van der Waals surface area contributed by atoms with Crippen molar-refractivity contribution in [2.75, 3.05) is 6.61 Å².